The topological polar surface area (TPSA) is 42.7 Å². The molecule has 102 valence electrons. The van der Waals surface area contributed by atoms with Gasteiger partial charge in [0.05, 0.1) is 0 Å². The lowest BCUT2D eigenvalue weighted by Gasteiger charge is -2.07. The highest BCUT2D eigenvalue weighted by Gasteiger charge is 2.03. The van der Waals surface area contributed by atoms with Crippen molar-refractivity contribution in [3.63, 3.8) is 0 Å². The molecule has 1 aromatic carbocycles. The van der Waals surface area contributed by atoms with Gasteiger partial charge in [0.1, 0.15) is 6.33 Å². The Labute approximate surface area is 118 Å². The van der Waals surface area contributed by atoms with Crippen LogP contribution in [0.1, 0.15) is 13.3 Å². The predicted molar refractivity (Wildman–Crippen MR) is 82.5 cm³/mol. The molecule has 5 heteroatoms. The van der Waals surface area contributed by atoms with Gasteiger partial charge in [0.25, 0.3) is 0 Å². The highest BCUT2D eigenvalue weighted by atomic mass is 32.2. The van der Waals surface area contributed by atoms with Gasteiger partial charge in [0.15, 0.2) is 5.82 Å². The molecule has 2 aromatic rings. The van der Waals surface area contributed by atoms with Crippen LogP contribution in [0.15, 0.2) is 30.6 Å². The standard InChI is InChI=1S/C14H20N4S/c1-3-19-10-4-9-15-13-7-5-12(6-8-13)14-17-16-11-18(14)2/h5-8,11,15H,3-4,9-10H2,1-2H3. The van der Waals surface area contributed by atoms with Crippen LogP contribution in [0.25, 0.3) is 11.4 Å². The Morgan fingerprint density at radius 2 is 2.05 bits per heavy atom. The summed E-state index contributed by atoms with van der Waals surface area (Å²) in [5.41, 5.74) is 2.25. The van der Waals surface area contributed by atoms with Crippen LogP contribution in [0.3, 0.4) is 0 Å². The summed E-state index contributed by atoms with van der Waals surface area (Å²) >= 11 is 1.99. The molecule has 0 amide bonds. The molecule has 0 aliphatic carbocycles. The number of nitrogens with zero attached hydrogens (tertiary/aromatic N) is 3. The zero-order chi connectivity index (χ0) is 13.5. The summed E-state index contributed by atoms with van der Waals surface area (Å²) in [4.78, 5) is 0. The van der Waals surface area contributed by atoms with E-state index in [0.717, 1.165) is 23.6 Å². The van der Waals surface area contributed by atoms with Gasteiger partial charge in [-0.1, -0.05) is 6.92 Å². The van der Waals surface area contributed by atoms with Crippen LogP contribution < -0.4 is 5.32 Å². The fraction of sp³-hybridized carbons (Fsp3) is 0.429. The predicted octanol–water partition coefficient (Wildman–Crippen LogP) is 3.04. The molecule has 0 atom stereocenters. The van der Waals surface area contributed by atoms with Crippen molar-refractivity contribution < 1.29 is 0 Å². The van der Waals surface area contributed by atoms with E-state index < -0.39 is 0 Å². The number of thioether (sulfide) groups is 1. The molecule has 19 heavy (non-hydrogen) atoms. The van der Waals surface area contributed by atoms with E-state index in [9.17, 15) is 0 Å². The molecule has 1 N–H and O–H groups in total. The van der Waals surface area contributed by atoms with Crippen LogP contribution in [0.2, 0.25) is 0 Å². The number of anilines is 1. The quantitative estimate of drug-likeness (QED) is 0.789. The van der Waals surface area contributed by atoms with Crippen molar-refractivity contribution in [3.05, 3.63) is 30.6 Å². The molecule has 0 radical (unpaired) electrons. The summed E-state index contributed by atoms with van der Waals surface area (Å²) in [5, 5.41) is 11.4. The summed E-state index contributed by atoms with van der Waals surface area (Å²) in [6, 6.07) is 8.34. The van der Waals surface area contributed by atoms with Gasteiger partial charge in [-0.3, -0.25) is 0 Å². The van der Waals surface area contributed by atoms with Gasteiger partial charge in [0, 0.05) is 24.8 Å². The number of nitrogens with one attached hydrogen (secondary N) is 1. The van der Waals surface area contributed by atoms with Crippen LogP contribution in [0.4, 0.5) is 5.69 Å². The minimum absolute atomic E-state index is 0.894. The van der Waals surface area contributed by atoms with E-state index in [4.69, 9.17) is 0 Å². The lowest BCUT2D eigenvalue weighted by molar-refractivity contribution is 0.919. The molecule has 1 aromatic heterocycles. The van der Waals surface area contributed by atoms with Crippen LogP contribution in [0.5, 0.6) is 0 Å². The van der Waals surface area contributed by atoms with E-state index in [1.165, 1.54) is 17.9 Å². The van der Waals surface area contributed by atoms with Crippen LogP contribution in [-0.4, -0.2) is 32.8 Å². The number of rotatable bonds is 7. The van der Waals surface area contributed by atoms with Gasteiger partial charge in [-0.2, -0.15) is 11.8 Å². The van der Waals surface area contributed by atoms with Gasteiger partial charge in [-0.25, -0.2) is 0 Å². The first-order chi connectivity index (χ1) is 9.31. The molecule has 0 saturated heterocycles. The van der Waals surface area contributed by atoms with Gasteiger partial charge in [-0.15, -0.1) is 10.2 Å². The fourth-order valence-electron chi connectivity index (χ4n) is 1.83. The number of hydrogen-bond donors (Lipinski definition) is 1. The average molecular weight is 276 g/mol. The Morgan fingerprint density at radius 1 is 1.26 bits per heavy atom. The van der Waals surface area contributed by atoms with E-state index in [1.54, 1.807) is 6.33 Å². The van der Waals surface area contributed by atoms with Gasteiger partial charge in [0.2, 0.25) is 0 Å². The Morgan fingerprint density at radius 3 is 2.68 bits per heavy atom. The molecule has 0 saturated carbocycles. The summed E-state index contributed by atoms with van der Waals surface area (Å²) in [5.74, 6) is 3.32. The van der Waals surface area contributed by atoms with E-state index in [1.807, 2.05) is 23.4 Å². The molecule has 2 rings (SSSR count). The summed E-state index contributed by atoms with van der Waals surface area (Å²) in [6.45, 7) is 3.22. The zero-order valence-electron chi connectivity index (χ0n) is 11.5. The first kappa shape index (κ1) is 13.9. The molecule has 0 bridgehead atoms. The smallest absolute Gasteiger partial charge is 0.163 e. The minimum atomic E-state index is 0.894. The molecule has 0 fully saturated rings. The maximum atomic E-state index is 4.10. The van der Waals surface area contributed by atoms with Crippen LogP contribution in [-0.2, 0) is 7.05 Å². The first-order valence-corrected chi connectivity index (χ1v) is 7.72. The van der Waals surface area contributed by atoms with E-state index >= 15 is 0 Å². The molecule has 4 nitrogen and oxygen atoms in total. The van der Waals surface area contributed by atoms with E-state index in [-0.39, 0.29) is 0 Å². The second kappa shape index (κ2) is 7.19. The van der Waals surface area contributed by atoms with Crippen molar-refractivity contribution in [2.45, 2.75) is 13.3 Å². The largest absolute Gasteiger partial charge is 0.385 e. The third-order valence-electron chi connectivity index (χ3n) is 2.85. The highest BCUT2D eigenvalue weighted by molar-refractivity contribution is 7.99. The summed E-state index contributed by atoms with van der Waals surface area (Å²) in [6.07, 6.45) is 2.91. The molecule has 0 unspecified atom stereocenters. The number of aryl methyl sites for hydroxylation is 1. The van der Waals surface area contributed by atoms with Crippen molar-refractivity contribution >= 4 is 17.4 Å². The van der Waals surface area contributed by atoms with Crippen molar-refractivity contribution in [2.75, 3.05) is 23.4 Å². The summed E-state index contributed by atoms with van der Waals surface area (Å²) < 4.78 is 1.92. The lowest BCUT2D eigenvalue weighted by Crippen LogP contribution is -2.02. The zero-order valence-corrected chi connectivity index (χ0v) is 12.3. The average Bonchev–Trinajstić information content (AvgIpc) is 2.86. The molecular formula is C14H20N4S. The molecule has 0 aliphatic heterocycles. The maximum Gasteiger partial charge on any atom is 0.163 e. The molecule has 0 spiro atoms. The van der Waals surface area contributed by atoms with Gasteiger partial charge in [-0.05, 0) is 42.2 Å². The fourth-order valence-corrected chi connectivity index (χ4v) is 2.47. The maximum absolute atomic E-state index is 4.10. The second-order valence-electron chi connectivity index (χ2n) is 4.32. The molecule has 0 aliphatic rings. The van der Waals surface area contributed by atoms with Gasteiger partial charge >= 0.3 is 0 Å². The number of hydrogen-bond acceptors (Lipinski definition) is 4. The molecular weight excluding hydrogens is 256 g/mol. The normalized spacial score (nSPS) is 10.6. The third-order valence-corrected chi connectivity index (χ3v) is 3.84. The third kappa shape index (κ3) is 3.99. The second-order valence-corrected chi connectivity index (χ2v) is 5.71. The Kier molecular flexibility index (Phi) is 5.27. The van der Waals surface area contributed by atoms with Crippen molar-refractivity contribution in [1.29, 1.82) is 0 Å². The monoisotopic (exact) mass is 276 g/mol. The highest BCUT2D eigenvalue weighted by Crippen LogP contribution is 2.18. The van der Waals surface area contributed by atoms with Crippen LogP contribution in [0, 0.1) is 0 Å². The van der Waals surface area contributed by atoms with Gasteiger partial charge < -0.3 is 9.88 Å². The van der Waals surface area contributed by atoms with Crippen molar-refractivity contribution in [2.24, 2.45) is 7.05 Å². The number of benzene rings is 1. The Balaban J connectivity index is 1.87. The Bertz CT molecular complexity index is 492. The minimum Gasteiger partial charge on any atom is -0.385 e. The van der Waals surface area contributed by atoms with E-state index in [2.05, 4.69) is 46.7 Å². The van der Waals surface area contributed by atoms with E-state index in [0.29, 0.717) is 0 Å². The molecule has 1 heterocycles. The first-order valence-electron chi connectivity index (χ1n) is 6.57. The van der Waals surface area contributed by atoms with Crippen molar-refractivity contribution in [3.8, 4) is 11.4 Å². The SMILES string of the molecule is CCSCCCNc1ccc(-c2nncn2C)cc1. The lowest BCUT2D eigenvalue weighted by atomic mass is 10.2. The van der Waals surface area contributed by atoms with Crippen LogP contribution >= 0.6 is 11.8 Å². The summed E-state index contributed by atoms with van der Waals surface area (Å²) in [7, 11) is 1.95. The number of aromatic nitrogens is 3. The van der Waals surface area contributed by atoms with Crippen molar-refractivity contribution in [1.82, 2.24) is 14.8 Å². The Hall–Kier alpha value is -1.49.